The van der Waals surface area contributed by atoms with Crippen molar-refractivity contribution in [3.63, 3.8) is 0 Å². The number of aldehydes is 1. The summed E-state index contributed by atoms with van der Waals surface area (Å²) in [4.78, 5) is 18.7. The number of alkyl halides is 2. The summed E-state index contributed by atoms with van der Waals surface area (Å²) >= 11 is 0. The van der Waals surface area contributed by atoms with Crippen LogP contribution in [0.3, 0.4) is 0 Å². The first-order chi connectivity index (χ1) is 16.0. The Morgan fingerprint density at radius 1 is 1.30 bits per heavy atom. The van der Waals surface area contributed by atoms with Crippen LogP contribution in [-0.2, 0) is 15.9 Å². The number of nitrogens with one attached hydrogen (secondary N) is 1. The maximum absolute atomic E-state index is 12.1. The molecule has 1 saturated heterocycles. The van der Waals surface area contributed by atoms with E-state index in [1.54, 1.807) is 18.5 Å². The highest BCUT2D eigenvalue weighted by Crippen LogP contribution is 2.17. The van der Waals surface area contributed by atoms with Crippen molar-refractivity contribution in [3.8, 4) is 0 Å². The van der Waals surface area contributed by atoms with Crippen LogP contribution in [0.15, 0.2) is 35.0 Å². The van der Waals surface area contributed by atoms with E-state index in [4.69, 9.17) is 15.1 Å². The fraction of sp³-hybridized carbons (Fsp3) is 0.400. The Labute approximate surface area is 192 Å². The molecule has 1 N–H and O–H groups in total. The largest absolute Gasteiger partial charge is 0.443 e. The molecule has 0 aromatic heterocycles. The van der Waals surface area contributed by atoms with Gasteiger partial charge < -0.3 is 19.8 Å². The van der Waals surface area contributed by atoms with E-state index in [0.29, 0.717) is 29.3 Å². The molecule has 6 nitrogen and oxygen atoms in total. The number of aliphatic imine (C=N–C) groups is 1. The average Bonchev–Trinajstić information content (AvgIpc) is 2.84. The van der Waals surface area contributed by atoms with Crippen molar-refractivity contribution < 1.29 is 23.0 Å². The summed E-state index contributed by atoms with van der Waals surface area (Å²) in [5.41, 5.74) is 2.60. The molecule has 0 unspecified atom stereocenters. The molecule has 0 bridgehead atoms. The molecule has 1 heterocycles. The molecule has 0 saturated carbocycles. The van der Waals surface area contributed by atoms with E-state index < -0.39 is 6.61 Å². The van der Waals surface area contributed by atoms with Crippen molar-refractivity contribution >= 4 is 36.7 Å². The summed E-state index contributed by atoms with van der Waals surface area (Å²) in [6.45, 7) is -1.41. The van der Waals surface area contributed by atoms with E-state index in [1.807, 2.05) is 7.05 Å². The molecule has 0 amide bonds. The van der Waals surface area contributed by atoms with Gasteiger partial charge in [-0.1, -0.05) is 18.2 Å². The SMILES string of the molecule is CN(C=Nc1c(C=O)cc(C/C(C=N)=C/C=C/OC(F)F)c2c1=CCCC=2)C1CCOCC1. The quantitative estimate of drug-likeness (QED) is 0.192. The molecule has 33 heavy (non-hydrogen) atoms. The van der Waals surface area contributed by atoms with Gasteiger partial charge in [-0.15, -0.1) is 0 Å². The lowest BCUT2D eigenvalue weighted by Crippen LogP contribution is -2.36. The van der Waals surface area contributed by atoms with Crippen LogP contribution in [0.5, 0.6) is 0 Å². The lowest BCUT2D eigenvalue weighted by Gasteiger charge is -2.29. The highest BCUT2D eigenvalue weighted by Gasteiger charge is 2.17. The Bertz CT molecular complexity index is 1060. The molecule has 8 heteroatoms. The summed E-state index contributed by atoms with van der Waals surface area (Å²) < 4.78 is 33.8. The van der Waals surface area contributed by atoms with Crippen LogP contribution in [0.4, 0.5) is 14.5 Å². The van der Waals surface area contributed by atoms with Crippen molar-refractivity contribution in [3.05, 3.63) is 51.6 Å². The van der Waals surface area contributed by atoms with Crippen molar-refractivity contribution in [2.45, 2.75) is 44.8 Å². The van der Waals surface area contributed by atoms with Gasteiger partial charge in [0.1, 0.15) is 0 Å². The first kappa shape index (κ1) is 24.5. The number of halogens is 2. The number of hydrogen-bond donors (Lipinski definition) is 1. The van der Waals surface area contributed by atoms with Gasteiger partial charge in [-0.2, -0.15) is 8.78 Å². The zero-order valence-electron chi connectivity index (χ0n) is 18.7. The fourth-order valence-electron chi connectivity index (χ4n) is 4.05. The molecule has 1 fully saturated rings. The molecular formula is C25H29F2N3O3. The second-order valence-electron chi connectivity index (χ2n) is 7.95. The smallest absolute Gasteiger partial charge is 0.386 e. The monoisotopic (exact) mass is 457 g/mol. The second kappa shape index (κ2) is 12.2. The van der Waals surface area contributed by atoms with Gasteiger partial charge in [-0.05, 0) is 60.6 Å². The van der Waals surface area contributed by atoms with Gasteiger partial charge in [-0.3, -0.25) is 4.79 Å². The van der Waals surface area contributed by atoms with Crippen LogP contribution in [0.2, 0.25) is 0 Å². The molecule has 2 aliphatic rings. The second-order valence-corrected chi connectivity index (χ2v) is 7.95. The zero-order chi connectivity index (χ0) is 23.6. The molecule has 0 radical (unpaired) electrons. The first-order valence-electron chi connectivity index (χ1n) is 11.0. The van der Waals surface area contributed by atoms with Crippen LogP contribution < -0.4 is 10.4 Å². The summed E-state index contributed by atoms with van der Waals surface area (Å²) in [6.07, 6.45) is 15.7. The van der Waals surface area contributed by atoms with E-state index in [-0.39, 0.29) is 0 Å². The van der Waals surface area contributed by atoms with E-state index in [1.165, 1.54) is 12.3 Å². The molecule has 176 valence electrons. The maximum atomic E-state index is 12.1. The number of hydrogen-bond acceptors (Lipinski definition) is 5. The number of rotatable bonds is 10. The minimum absolute atomic E-state index is 0.357. The summed E-state index contributed by atoms with van der Waals surface area (Å²) in [5, 5.41) is 9.59. The van der Waals surface area contributed by atoms with Gasteiger partial charge >= 0.3 is 6.61 Å². The zero-order valence-corrected chi connectivity index (χ0v) is 18.7. The van der Waals surface area contributed by atoms with Gasteiger partial charge in [0.25, 0.3) is 0 Å². The summed E-state index contributed by atoms with van der Waals surface area (Å²) in [7, 11) is 1.99. The molecule has 0 spiro atoms. The molecule has 1 aliphatic heterocycles. The summed E-state index contributed by atoms with van der Waals surface area (Å²) in [6, 6.07) is 2.16. The maximum Gasteiger partial charge on any atom is 0.386 e. The van der Waals surface area contributed by atoms with Gasteiger partial charge in [0.2, 0.25) is 0 Å². The molecule has 1 aromatic carbocycles. The predicted molar refractivity (Wildman–Crippen MR) is 126 cm³/mol. The topological polar surface area (TPSA) is 75.0 Å². The Kier molecular flexibility index (Phi) is 9.06. The van der Waals surface area contributed by atoms with Crippen LogP contribution in [0, 0.1) is 5.41 Å². The predicted octanol–water partition coefficient (Wildman–Crippen LogP) is 3.50. The van der Waals surface area contributed by atoms with Crippen LogP contribution >= 0.6 is 0 Å². The van der Waals surface area contributed by atoms with Crippen molar-refractivity contribution in [1.82, 2.24) is 4.90 Å². The normalized spacial score (nSPS) is 17.0. The van der Waals surface area contributed by atoms with Crippen molar-refractivity contribution in [2.75, 3.05) is 20.3 Å². The third-order valence-corrected chi connectivity index (χ3v) is 5.77. The minimum atomic E-state index is -2.89. The standard InChI is InChI=1S/C25H29F2N3O3/c1-30(21-8-11-32-12-9-21)17-29-24-20(16-31)14-19(22-6-2-3-7-23(22)24)13-18(15-28)5-4-10-33-25(26)27/h4-7,10,14-17,21,25,28H,2-3,8-9,11-13H2,1H3/b10-4+,18-5-,28-15?,29-17?. The third kappa shape index (κ3) is 6.68. The van der Waals surface area contributed by atoms with E-state index in [2.05, 4.69) is 21.8 Å². The van der Waals surface area contributed by atoms with Gasteiger partial charge in [-0.25, -0.2) is 4.99 Å². The Morgan fingerprint density at radius 3 is 2.70 bits per heavy atom. The Morgan fingerprint density at radius 2 is 2.03 bits per heavy atom. The van der Waals surface area contributed by atoms with E-state index >= 15 is 0 Å². The highest BCUT2D eigenvalue weighted by atomic mass is 19.3. The fourth-order valence-corrected chi connectivity index (χ4v) is 4.05. The lowest BCUT2D eigenvalue weighted by molar-refractivity contribution is -0.0829. The number of carbonyl (C=O) groups excluding carboxylic acids is 1. The Balaban J connectivity index is 1.93. The lowest BCUT2D eigenvalue weighted by atomic mass is 9.94. The van der Waals surface area contributed by atoms with Crippen LogP contribution in [0.1, 0.15) is 41.6 Å². The van der Waals surface area contributed by atoms with Gasteiger partial charge in [0.05, 0.1) is 18.3 Å². The molecule has 1 aliphatic carbocycles. The highest BCUT2D eigenvalue weighted by molar-refractivity contribution is 5.86. The first-order valence-corrected chi connectivity index (χ1v) is 11.0. The van der Waals surface area contributed by atoms with Gasteiger partial charge in [0.15, 0.2) is 6.29 Å². The molecular weight excluding hydrogens is 428 g/mol. The average molecular weight is 458 g/mol. The third-order valence-electron chi connectivity index (χ3n) is 5.77. The molecule has 0 atom stereocenters. The van der Waals surface area contributed by atoms with E-state index in [9.17, 15) is 13.6 Å². The van der Waals surface area contributed by atoms with Gasteiger partial charge in [0, 0.05) is 43.3 Å². The number of fused-ring (bicyclic) bond motifs is 1. The number of benzene rings is 1. The molecule has 3 rings (SSSR count). The Hall–Kier alpha value is -3.13. The van der Waals surface area contributed by atoms with Crippen molar-refractivity contribution in [1.29, 1.82) is 5.41 Å². The summed E-state index contributed by atoms with van der Waals surface area (Å²) in [5.74, 6) is 0. The van der Waals surface area contributed by atoms with Crippen LogP contribution in [0.25, 0.3) is 12.2 Å². The number of nitrogens with zero attached hydrogens (tertiary/aromatic N) is 2. The number of ether oxygens (including phenoxy) is 2. The number of allylic oxidation sites excluding steroid dienone is 3. The number of carbonyl (C=O) groups is 1. The molecule has 1 aromatic rings. The van der Waals surface area contributed by atoms with Crippen molar-refractivity contribution in [2.24, 2.45) is 4.99 Å². The van der Waals surface area contributed by atoms with E-state index in [0.717, 1.165) is 67.4 Å². The minimum Gasteiger partial charge on any atom is -0.443 e. The van der Waals surface area contributed by atoms with Crippen LogP contribution in [-0.4, -0.2) is 56.7 Å².